The molecule has 15 heavy (non-hydrogen) atoms. The highest BCUT2D eigenvalue weighted by molar-refractivity contribution is 5.67. The minimum atomic E-state index is -0.225. The van der Waals surface area contributed by atoms with Gasteiger partial charge in [0.15, 0.2) is 0 Å². The Kier molecular flexibility index (Phi) is 5.69. The molecule has 0 radical (unpaired) electrons. The summed E-state index contributed by atoms with van der Waals surface area (Å²) < 4.78 is 5.48. The van der Waals surface area contributed by atoms with Crippen molar-refractivity contribution in [1.29, 1.82) is 0 Å². The van der Waals surface area contributed by atoms with Crippen molar-refractivity contribution in [3.05, 3.63) is 0 Å². The summed E-state index contributed by atoms with van der Waals surface area (Å²) in [5.41, 5.74) is 0. The quantitative estimate of drug-likeness (QED) is 0.721. The van der Waals surface area contributed by atoms with Crippen LogP contribution in [0.1, 0.15) is 41.5 Å². The third kappa shape index (κ3) is 4.54. The summed E-state index contributed by atoms with van der Waals surface area (Å²) in [4.78, 5) is 13.3. The number of hydrogen-bond acceptors (Lipinski definition) is 2. The Balaban J connectivity index is 4.36. The van der Waals surface area contributed by atoms with E-state index in [0.717, 1.165) is 0 Å². The van der Waals surface area contributed by atoms with Crippen LogP contribution in [0, 0.1) is 11.8 Å². The molecule has 0 rings (SSSR count). The second-order valence-electron chi connectivity index (χ2n) is 5.04. The van der Waals surface area contributed by atoms with Crippen molar-refractivity contribution in [2.75, 3.05) is 7.05 Å². The van der Waals surface area contributed by atoms with E-state index in [-0.39, 0.29) is 18.2 Å². The van der Waals surface area contributed by atoms with Crippen LogP contribution in [0.5, 0.6) is 0 Å². The molecule has 0 saturated heterocycles. The summed E-state index contributed by atoms with van der Waals surface area (Å²) in [6, 6.07) is 0.178. The Labute approximate surface area is 93.8 Å². The monoisotopic (exact) mass is 215 g/mol. The molecule has 0 aromatic rings. The maximum atomic E-state index is 11.7. The van der Waals surface area contributed by atoms with E-state index in [1.54, 1.807) is 11.9 Å². The van der Waals surface area contributed by atoms with E-state index in [4.69, 9.17) is 4.74 Å². The zero-order valence-corrected chi connectivity index (χ0v) is 11.1. The molecule has 0 fully saturated rings. The van der Waals surface area contributed by atoms with Crippen LogP contribution in [0.25, 0.3) is 0 Å². The van der Waals surface area contributed by atoms with Gasteiger partial charge in [-0.3, -0.25) is 0 Å². The van der Waals surface area contributed by atoms with Crippen molar-refractivity contribution in [3.63, 3.8) is 0 Å². The Morgan fingerprint density at radius 2 is 1.40 bits per heavy atom. The molecule has 90 valence electrons. The lowest BCUT2D eigenvalue weighted by Gasteiger charge is -2.29. The van der Waals surface area contributed by atoms with Gasteiger partial charge in [0.1, 0.15) is 6.10 Å². The highest BCUT2D eigenvalue weighted by Gasteiger charge is 2.24. The zero-order chi connectivity index (χ0) is 12.2. The molecule has 1 amide bonds. The van der Waals surface area contributed by atoms with Crippen molar-refractivity contribution < 1.29 is 9.53 Å². The smallest absolute Gasteiger partial charge is 0.410 e. The van der Waals surface area contributed by atoms with Gasteiger partial charge >= 0.3 is 6.09 Å². The van der Waals surface area contributed by atoms with Crippen molar-refractivity contribution in [2.24, 2.45) is 11.8 Å². The molecule has 0 aliphatic carbocycles. The van der Waals surface area contributed by atoms with E-state index >= 15 is 0 Å². The van der Waals surface area contributed by atoms with Crippen LogP contribution in [0.4, 0.5) is 4.79 Å². The lowest BCUT2D eigenvalue weighted by atomic mass is 9.96. The second-order valence-corrected chi connectivity index (χ2v) is 5.04. The van der Waals surface area contributed by atoms with Gasteiger partial charge in [-0.1, -0.05) is 27.7 Å². The number of amides is 1. The molecule has 0 atom stereocenters. The summed E-state index contributed by atoms with van der Waals surface area (Å²) in [6.45, 7) is 12.3. The van der Waals surface area contributed by atoms with Gasteiger partial charge in [-0.2, -0.15) is 0 Å². The third-order valence-corrected chi connectivity index (χ3v) is 2.61. The van der Waals surface area contributed by atoms with Crippen LogP contribution < -0.4 is 0 Å². The molecule has 0 aliphatic rings. The minimum absolute atomic E-state index is 0.00120. The SMILES string of the molecule is CC(C)C(OC(=O)N(C)C(C)C)C(C)C. The van der Waals surface area contributed by atoms with E-state index in [2.05, 4.69) is 27.7 Å². The lowest BCUT2D eigenvalue weighted by Crippen LogP contribution is -2.38. The van der Waals surface area contributed by atoms with Gasteiger partial charge in [0.05, 0.1) is 0 Å². The first-order valence-corrected chi connectivity index (χ1v) is 5.70. The van der Waals surface area contributed by atoms with Crippen molar-refractivity contribution in [2.45, 2.75) is 53.7 Å². The summed E-state index contributed by atoms with van der Waals surface area (Å²) in [5, 5.41) is 0. The fraction of sp³-hybridized carbons (Fsp3) is 0.917. The van der Waals surface area contributed by atoms with Crippen molar-refractivity contribution in [3.8, 4) is 0 Å². The van der Waals surface area contributed by atoms with Crippen LogP contribution in [-0.2, 0) is 4.74 Å². The van der Waals surface area contributed by atoms with Gasteiger partial charge < -0.3 is 9.64 Å². The van der Waals surface area contributed by atoms with Crippen LogP contribution in [0.3, 0.4) is 0 Å². The molecule has 0 N–H and O–H groups in total. The predicted octanol–water partition coefficient (Wildman–Crippen LogP) is 3.14. The number of carbonyl (C=O) groups is 1. The Hall–Kier alpha value is -0.730. The van der Waals surface area contributed by atoms with E-state index < -0.39 is 0 Å². The van der Waals surface area contributed by atoms with Gasteiger partial charge in [-0.05, 0) is 25.7 Å². The number of rotatable bonds is 4. The van der Waals surface area contributed by atoms with Gasteiger partial charge in [0.2, 0.25) is 0 Å². The van der Waals surface area contributed by atoms with Crippen molar-refractivity contribution in [1.82, 2.24) is 4.90 Å². The van der Waals surface area contributed by atoms with Gasteiger partial charge in [-0.25, -0.2) is 4.79 Å². The third-order valence-electron chi connectivity index (χ3n) is 2.61. The molecule has 3 nitrogen and oxygen atoms in total. The van der Waals surface area contributed by atoms with Gasteiger partial charge in [0.25, 0.3) is 0 Å². The first kappa shape index (κ1) is 14.3. The molecule has 0 saturated carbocycles. The lowest BCUT2D eigenvalue weighted by molar-refractivity contribution is 0.0184. The predicted molar refractivity (Wildman–Crippen MR) is 62.8 cm³/mol. The normalized spacial score (nSPS) is 11.7. The highest BCUT2D eigenvalue weighted by atomic mass is 16.6. The molecule has 0 aromatic heterocycles. The largest absolute Gasteiger partial charge is 0.446 e. The van der Waals surface area contributed by atoms with Gasteiger partial charge in [-0.15, -0.1) is 0 Å². The molecule has 3 heteroatoms. The molecule has 0 spiro atoms. The molecular formula is C12H25NO2. The highest BCUT2D eigenvalue weighted by Crippen LogP contribution is 2.17. The number of nitrogens with zero attached hydrogens (tertiary/aromatic N) is 1. The Bertz CT molecular complexity index is 192. The standard InChI is InChI=1S/C12H25NO2/c1-8(2)11(9(3)4)15-12(14)13(7)10(5)6/h8-11H,1-7H3. The molecule has 0 unspecified atom stereocenters. The van der Waals surface area contributed by atoms with Gasteiger partial charge in [0, 0.05) is 13.1 Å². The average Bonchev–Trinajstić information content (AvgIpc) is 2.11. The number of carbonyl (C=O) groups excluding carboxylic acids is 1. The summed E-state index contributed by atoms with van der Waals surface area (Å²) >= 11 is 0. The van der Waals surface area contributed by atoms with E-state index in [1.165, 1.54) is 0 Å². The fourth-order valence-corrected chi connectivity index (χ4v) is 1.45. The fourth-order valence-electron chi connectivity index (χ4n) is 1.45. The second kappa shape index (κ2) is 5.99. The van der Waals surface area contributed by atoms with E-state index in [1.807, 2.05) is 13.8 Å². The summed E-state index contributed by atoms with van der Waals surface area (Å²) in [6.07, 6.45) is -0.226. The molecule has 0 aliphatic heterocycles. The van der Waals surface area contributed by atoms with E-state index in [0.29, 0.717) is 11.8 Å². The minimum Gasteiger partial charge on any atom is -0.446 e. The Morgan fingerprint density at radius 3 is 1.67 bits per heavy atom. The van der Waals surface area contributed by atoms with E-state index in [9.17, 15) is 4.79 Å². The van der Waals surface area contributed by atoms with Crippen LogP contribution >= 0.6 is 0 Å². The molecule has 0 aromatic carbocycles. The molecule has 0 heterocycles. The summed E-state index contributed by atoms with van der Waals surface area (Å²) in [7, 11) is 1.77. The van der Waals surface area contributed by atoms with Crippen molar-refractivity contribution >= 4 is 6.09 Å². The number of hydrogen-bond donors (Lipinski definition) is 0. The zero-order valence-electron chi connectivity index (χ0n) is 11.1. The van der Waals surface area contributed by atoms with Crippen LogP contribution in [0.15, 0.2) is 0 Å². The Morgan fingerprint density at radius 1 is 1.00 bits per heavy atom. The maximum Gasteiger partial charge on any atom is 0.410 e. The topological polar surface area (TPSA) is 29.5 Å². The number of ether oxygens (including phenoxy) is 1. The average molecular weight is 215 g/mol. The van der Waals surface area contributed by atoms with Crippen LogP contribution in [-0.4, -0.2) is 30.2 Å². The molecule has 0 bridgehead atoms. The maximum absolute atomic E-state index is 11.7. The first-order chi connectivity index (χ1) is 6.77. The molecular weight excluding hydrogens is 190 g/mol. The summed E-state index contributed by atoms with van der Waals surface area (Å²) in [5.74, 6) is 0.712. The van der Waals surface area contributed by atoms with Crippen LogP contribution in [0.2, 0.25) is 0 Å². The first-order valence-electron chi connectivity index (χ1n) is 5.70.